The van der Waals surface area contributed by atoms with Crippen molar-refractivity contribution in [2.24, 2.45) is 0 Å². The standard InChI is InChI=1S/C13H18N4O2S2/c1-16(21(2,18)19)10-4-3-7-17(9-10)13-15-11-8-14-6-5-12(11)20-13/h5-6,8,10H,3-4,7,9H2,1-2H3. The van der Waals surface area contributed by atoms with Crippen LogP contribution < -0.4 is 4.90 Å². The van der Waals surface area contributed by atoms with Crippen LogP contribution in [0, 0.1) is 0 Å². The summed E-state index contributed by atoms with van der Waals surface area (Å²) in [7, 11) is -1.49. The third-order valence-corrected chi connectivity index (χ3v) is 6.32. The molecule has 0 spiro atoms. The summed E-state index contributed by atoms with van der Waals surface area (Å²) < 4.78 is 26.0. The van der Waals surface area contributed by atoms with E-state index in [0.29, 0.717) is 6.54 Å². The Kier molecular flexibility index (Phi) is 3.85. The maximum Gasteiger partial charge on any atom is 0.211 e. The molecule has 8 heteroatoms. The van der Waals surface area contributed by atoms with Crippen molar-refractivity contribution in [3.05, 3.63) is 18.5 Å². The summed E-state index contributed by atoms with van der Waals surface area (Å²) in [5, 5.41) is 0.949. The van der Waals surface area contributed by atoms with E-state index in [4.69, 9.17) is 0 Å². The number of fused-ring (bicyclic) bond motifs is 1. The largest absolute Gasteiger partial charge is 0.346 e. The van der Waals surface area contributed by atoms with Crippen LogP contribution >= 0.6 is 11.3 Å². The molecule has 1 aliphatic rings. The smallest absolute Gasteiger partial charge is 0.211 e. The fourth-order valence-corrected chi connectivity index (χ4v) is 4.28. The highest BCUT2D eigenvalue weighted by Crippen LogP contribution is 2.30. The first kappa shape index (κ1) is 14.7. The van der Waals surface area contributed by atoms with Gasteiger partial charge in [-0.2, -0.15) is 0 Å². The van der Waals surface area contributed by atoms with Gasteiger partial charge < -0.3 is 4.90 Å². The number of likely N-dealkylation sites (N-methyl/N-ethyl adjacent to an activating group) is 1. The molecule has 0 saturated carbocycles. The molecular weight excluding hydrogens is 308 g/mol. The van der Waals surface area contributed by atoms with E-state index >= 15 is 0 Å². The predicted octanol–water partition coefficient (Wildman–Crippen LogP) is 1.55. The number of sulfonamides is 1. The second-order valence-corrected chi connectivity index (χ2v) is 8.41. The zero-order valence-electron chi connectivity index (χ0n) is 12.1. The van der Waals surface area contributed by atoms with Crippen molar-refractivity contribution in [2.45, 2.75) is 18.9 Å². The van der Waals surface area contributed by atoms with Crippen molar-refractivity contribution in [3.63, 3.8) is 0 Å². The van der Waals surface area contributed by atoms with Gasteiger partial charge in [0.2, 0.25) is 10.0 Å². The molecule has 3 rings (SSSR count). The summed E-state index contributed by atoms with van der Waals surface area (Å²) in [5.41, 5.74) is 0.899. The van der Waals surface area contributed by atoms with Crippen LogP contribution in [-0.2, 0) is 10.0 Å². The number of nitrogens with zero attached hydrogens (tertiary/aromatic N) is 4. The average Bonchev–Trinajstić information content (AvgIpc) is 2.89. The Bertz CT molecular complexity index is 710. The normalized spacial score (nSPS) is 20.3. The molecule has 2 aromatic rings. The van der Waals surface area contributed by atoms with Crippen LogP contribution in [0.5, 0.6) is 0 Å². The van der Waals surface area contributed by atoms with Gasteiger partial charge in [0.1, 0.15) is 5.52 Å². The number of hydrogen-bond donors (Lipinski definition) is 0. The van der Waals surface area contributed by atoms with Gasteiger partial charge in [0.25, 0.3) is 0 Å². The van der Waals surface area contributed by atoms with E-state index in [0.717, 1.165) is 34.7 Å². The second-order valence-electron chi connectivity index (χ2n) is 5.36. The van der Waals surface area contributed by atoms with E-state index in [1.165, 1.54) is 10.6 Å². The summed E-state index contributed by atoms with van der Waals surface area (Å²) >= 11 is 1.63. The van der Waals surface area contributed by atoms with Crippen LogP contribution in [0.4, 0.5) is 5.13 Å². The Labute approximate surface area is 128 Å². The number of pyridine rings is 1. The highest BCUT2D eigenvalue weighted by molar-refractivity contribution is 7.88. The van der Waals surface area contributed by atoms with Crippen LogP contribution in [0.1, 0.15) is 12.8 Å². The van der Waals surface area contributed by atoms with Crippen molar-refractivity contribution >= 4 is 36.7 Å². The highest BCUT2D eigenvalue weighted by Gasteiger charge is 2.29. The van der Waals surface area contributed by atoms with Crippen molar-refractivity contribution in [3.8, 4) is 0 Å². The molecule has 6 nitrogen and oxygen atoms in total. The molecule has 1 saturated heterocycles. The molecule has 21 heavy (non-hydrogen) atoms. The number of rotatable bonds is 3. The average molecular weight is 326 g/mol. The Hall–Kier alpha value is -1.25. The lowest BCUT2D eigenvalue weighted by molar-refractivity contribution is 0.322. The Morgan fingerprint density at radius 2 is 2.29 bits per heavy atom. The van der Waals surface area contributed by atoms with Crippen LogP contribution in [0.3, 0.4) is 0 Å². The van der Waals surface area contributed by atoms with Crippen LogP contribution in [0.25, 0.3) is 10.2 Å². The lowest BCUT2D eigenvalue weighted by Crippen LogP contribution is -2.48. The summed E-state index contributed by atoms with van der Waals surface area (Å²) in [5.74, 6) is 0. The molecule has 1 fully saturated rings. The molecular formula is C13H18N4O2S2. The van der Waals surface area contributed by atoms with Gasteiger partial charge in [-0.15, -0.1) is 0 Å². The van der Waals surface area contributed by atoms with Crippen molar-refractivity contribution < 1.29 is 8.42 Å². The molecule has 1 unspecified atom stereocenters. The number of hydrogen-bond acceptors (Lipinski definition) is 6. The highest BCUT2D eigenvalue weighted by atomic mass is 32.2. The maximum atomic E-state index is 11.7. The predicted molar refractivity (Wildman–Crippen MR) is 85.3 cm³/mol. The third-order valence-electron chi connectivity index (χ3n) is 3.88. The third kappa shape index (κ3) is 3.02. The number of anilines is 1. The van der Waals surface area contributed by atoms with E-state index in [9.17, 15) is 8.42 Å². The quantitative estimate of drug-likeness (QED) is 0.856. The molecule has 1 atom stereocenters. The molecule has 0 amide bonds. The molecule has 0 bridgehead atoms. The molecule has 3 heterocycles. The molecule has 0 N–H and O–H groups in total. The fourth-order valence-electron chi connectivity index (χ4n) is 2.60. The van der Waals surface area contributed by atoms with Gasteiger partial charge in [-0.3, -0.25) is 4.98 Å². The maximum absolute atomic E-state index is 11.7. The zero-order chi connectivity index (χ0) is 15.0. The molecule has 0 aromatic carbocycles. The van der Waals surface area contributed by atoms with Gasteiger partial charge in [0.05, 0.1) is 17.2 Å². The van der Waals surface area contributed by atoms with Gasteiger partial charge in [0, 0.05) is 32.4 Å². The van der Waals surface area contributed by atoms with Crippen LogP contribution in [-0.4, -0.2) is 55.1 Å². The van der Waals surface area contributed by atoms with Crippen LogP contribution in [0.15, 0.2) is 18.5 Å². The van der Waals surface area contributed by atoms with E-state index in [1.54, 1.807) is 30.8 Å². The van der Waals surface area contributed by atoms with E-state index in [-0.39, 0.29) is 6.04 Å². The first-order valence-electron chi connectivity index (χ1n) is 6.83. The van der Waals surface area contributed by atoms with Gasteiger partial charge in [-0.05, 0) is 18.9 Å². The molecule has 1 aliphatic heterocycles. The fraction of sp³-hybridized carbons (Fsp3) is 0.538. The Morgan fingerprint density at radius 1 is 1.48 bits per heavy atom. The molecule has 0 aliphatic carbocycles. The molecule has 0 radical (unpaired) electrons. The van der Waals surface area contributed by atoms with E-state index in [1.807, 2.05) is 6.07 Å². The lowest BCUT2D eigenvalue weighted by atomic mass is 10.1. The Morgan fingerprint density at radius 3 is 3.00 bits per heavy atom. The minimum atomic E-state index is -3.15. The van der Waals surface area contributed by atoms with Gasteiger partial charge in [-0.1, -0.05) is 11.3 Å². The zero-order valence-corrected chi connectivity index (χ0v) is 13.7. The topological polar surface area (TPSA) is 66.4 Å². The number of aromatic nitrogens is 2. The number of thiazole rings is 1. The first-order valence-corrected chi connectivity index (χ1v) is 9.50. The monoisotopic (exact) mass is 326 g/mol. The van der Waals surface area contributed by atoms with Gasteiger partial charge in [0.15, 0.2) is 5.13 Å². The lowest BCUT2D eigenvalue weighted by Gasteiger charge is -2.36. The number of piperidine rings is 1. The minimum Gasteiger partial charge on any atom is -0.346 e. The Balaban J connectivity index is 1.82. The SMILES string of the molecule is CN(C1CCCN(c2nc3cnccc3s2)C1)S(C)(=O)=O. The molecule has 114 valence electrons. The second kappa shape index (κ2) is 5.51. The van der Waals surface area contributed by atoms with E-state index in [2.05, 4.69) is 14.9 Å². The van der Waals surface area contributed by atoms with Gasteiger partial charge in [-0.25, -0.2) is 17.7 Å². The molecule has 2 aromatic heterocycles. The summed E-state index contributed by atoms with van der Waals surface area (Å²) in [6, 6.07) is 1.97. The minimum absolute atomic E-state index is 0.0129. The van der Waals surface area contributed by atoms with Crippen molar-refractivity contribution in [1.82, 2.24) is 14.3 Å². The van der Waals surface area contributed by atoms with Crippen LogP contribution in [0.2, 0.25) is 0 Å². The van der Waals surface area contributed by atoms with Gasteiger partial charge >= 0.3 is 0 Å². The summed E-state index contributed by atoms with van der Waals surface area (Å²) in [4.78, 5) is 10.9. The summed E-state index contributed by atoms with van der Waals surface area (Å²) in [6.07, 6.45) is 6.65. The summed E-state index contributed by atoms with van der Waals surface area (Å²) in [6.45, 7) is 1.61. The van der Waals surface area contributed by atoms with Crippen molar-refractivity contribution in [2.75, 3.05) is 31.3 Å². The van der Waals surface area contributed by atoms with E-state index < -0.39 is 10.0 Å². The first-order chi connectivity index (χ1) is 9.95. The van der Waals surface area contributed by atoms with Crippen molar-refractivity contribution in [1.29, 1.82) is 0 Å².